The van der Waals surface area contributed by atoms with E-state index in [4.69, 9.17) is 10.1 Å². The van der Waals surface area contributed by atoms with Crippen molar-refractivity contribution in [3.05, 3.63) is 64.8 Å². The van der Waals surface area contributed by atoms with Gasteiger partial charge in [0.2, 0.25) is 0 Å². The van der Waals surface area contributed by atoms with E-state index in [0.717, 1.165) is 28.3 Å². The van der Waals surface area contributed by atoms with Gasteiger partial charge < -0.3 is 10.1 Å². The van der Waals surface area contributed by atoms with E-state index in [2.05, 4.69) is 31.0 Å². The SMILES string of the molecule is Cc1cccc(C)c1-c1nc(-c2ccc(C(=O)O)cc2)c(C)[nH]1. The number of benzene rings is 2. The molecule has 3 rings (SSSR count). The first-order valence-electron chi connectivity index (χ1n) is 7.44. The quantitative estimate of drug-likeness (QED) is 0.755. The Morgan fingerprint density at radius 1 is 1.00 bits per heavy atom. The fourth-order valence-corrected chi connectivity index (χ4v) is 2.82. The molecule has 1 heterocycles. The van der Waals surface area contributed by atoms with E-state index in [9.17, 15) is 4.79 Å². The second-order valence-electron chi connectivity index (χ2n) is 5.71. The summed E-state index contributed by atoms with van der Waals surface area (Å²) in [5, 5.41) is 8.99. The molecule has 0 aliphatic carbocycles. The monoisotopic (exact) mass is 306 g/mol. The van der Waals surface area contributed by atoms with Crippen LogP contribution >= 0.6 is 0 Å². The first-order chi connectivity index (χ1) is 11.0. The summed E-state index contributed by atoms with van der Waals surface area (Å²) in [5.41, 5.74) is 6.45. The molecule has 0 atom stereocenters. The van der Waals surface area contributed by atoms with Gasteiger partial charge in [-0.15, -0.1) is 0 Å². The third-order valence-electron chi connectivity index (χ3n) is 4.01. The number of carboxylic acids is 1. The van der Waals surface area contributed by atoms with Crippen LogP contribution in [-0.2, 0) is 0 Å². The Morgan fingerprint density at radius 3 is 2.17 bits per heavy atom. The molecule has 2 N–H and O–H groups in total. The first-order valence-corrected chi connectivity index (χ1v) is 7.44. The van der Waals surface area contributed by atoms with Gasteiger partial charge in [0.15, 0.2) is 0 Å². The highest BCUT2D eigenvalue weighted by Crippen LogP contribution is 2.29. The molecule has 0 unspecified atom stereocenters. The minimum atomic E-state index is -0.925. The minimum absolute atomic E-state index is 0.275. The fourth-order valence-electron chi connectivity index (χ4n) is 2.82. The van der Waals surface area contributed by atoms with E-state index < -0.39 is 5.97 Å². The van der Waals surface area contributed by atoms with Crippen molar-refractivity contribution in [2.45, 2.75) is 20.8 Å². The third-order valence-corrected chi connectivity index (χ3v) is 4.01. The summed E-state index contributed by atoms with van der Waals surface area (Å²) in [5.74, 6) is -0.0815. The van der Waals surface area contributed by atoms with Gasteiger partial charge >= 0.3 is 5.97 Å². The molecule has 0 bridgehead atoms. The summed E-state index contributed by atoms with van der Waals surface area (Å²) in [6, 6.07) is 13.0. The number of nitrogens with zero attached hydrogens (tertiary/aromatic N) is 1. The van der Waals surface area contributed by atoms with Crippen molar-refractivity contribution in [3.63, 3.8) is 0 Å². The Balaban J connectivity index is 2.06. The van der Waals surface area contributed by atoms with Gasteiger partial charge in [-0.05, 0) is 44.0 Å². The minimum Gasteiger partial charge on any atom is -0.478 e. The molecular weight excluding hydrogens is 288 g/mol. The van der Waals surface area contributed by atoms with E-state index in [-0.39, 0.29) is 5.56 Å². The molecule has 1 aromatic heterocycles. The van der Waals surface area contributed by atoms with Gasteiger partial charge in [0.05, 0.1) is 11.3 Å². The summed E-state index contributed by atoms with van der Waals surface area (Å²) in [7, 11) is 0. The Labute approximate surface area is 134 Å². The highest BCUT2D eigenvalue weighted by Gasteiger charge is 2.14. The Morgan fingerprint density at radius 2 is 1.61 bits per heavy atom. The van der Waals surface area contributed by atoms with Crippen LogP contribution in [0.2, 0.25) is 0 Å². The standard InChI is InChI=1S/C19H18N2O2/c1-11-5-4-6-12(2)16(11)18-20-13(3)17(21-18)14-7-9-15(10-8-14)19(22)23/h4-10H,1-3H3,(H,20,21)(H,22,23). The normalized spacial score (nSPS) is 10.7. The number of aryl methyl sites for hydroxylation is 3. The fraction of sp³-hybridized carbons (Fsp3) is 0.158. The number of imidazole rings is 1. The predicted molar refractivity (Wildman–Crippen MR) is 90.6 cm³/mol. The number of aromatic amines is 1. The van der Waals surface area contributed by atoms with Crippen molar-refractivity contribution in [1.82, 2.24) is 9.97 Å². The molecule has 0 spiro atoms. The Hall–Kier alpha value is -2.88. The molecule has 23 heavy (non-hydrogen) atoms. The molecule has 0 saturated carbocycles. The molecule has 4 nitrogen and oxygen atoms in total. The first kappa shape index (κ1) is 15.0. The predicted octanol–water partition coefficient (Wildman–Crippen LogP) is 4.37. The van der Waals surface area contributed by atoms with Crippen molar-refractivity contribution < 1.29 is 9.90 Å². The maximum absolute atomic E-state index is 11.0. The summed E-state index contributed by atoms with van der Waals surface area (Å²) >= 11 is 0. The summed E-state index contributed by atoms with van der Waals surface area (Å²) in [6.45, 7) is 6.12. The highest BCUT2D eigenvalue weighted by molar-refractivity contribution is 5.88. The van der Waals surface area contributed by atoms with Crippen LogP contribution in [0.4, 0.5) is 0 Å². The van der Waals surface area contributed by atoms with Crippen LogP contribution in [-0.4, -0.2) is 21.0 Å². The molecule has 116 valence electrons. The number of carboxylic acid groups (broad SMARTS) is 1. The number of carbonyl (C=O) groups is 1. The molecule has 0 aliphatic rings. The van der Waals surface area contributed by atoms with Crippen molar-refractivity contribution in [2.75, 3.05) is 0 Å². The van der Waals surface area contributed by atoms with Crippen LogP contribution in [0, 0.1) is 20.8 Å². The number of aromatic carboxylic acids is 1. The maximum Gasteiger partial charge on any atom is 0.335 e. The van der Waals surface area contributed by atoms with Gasteiger partial charge in [-0.25, -0.2) is 9.78 Å². The van der Waals surface area contributed by atoms with Crippen molar-refractivity contribution in [1.29, 1.82) is 0 Å². The molecule has 0 fully saturated rings. The number of aromatic nitrogens is 2. The number of rotatable bonds is 3. The molecule has 0 aliphatic heterocycles. The van der Waals surface area contributed by atoms with E-state index in [1.807, 2.05) is 13.0 Å². The lowest BCUT2D eigenvalue weighted by atomic mass is 10.0. The van der Waals surface area contributed by atoms with E-state index in [0.29, 0.717) is 0 Å². The average molecular weight is 306 g/mol. The zero-order valence-corrected chi connectivity index (χ0v) is 13.3. The van der Waals surface area contributed by atoms with Crippen LogP contribution < -0.4 is 0 Å². The van der Waals surface area contributed by atoms with Crippen LogP contribution in [0.1, 0.15) is 27.2 Å². The van der Waals surface area contributed by atoms with Crippen LogP contribution in [0.25, 0.3) is 22.6 Å². The molecule has 3 aromatic rings. The third kappa shape index (κ3) is 2.75. The molecule has 0 radical (unpaired) electrons. The number of hydrogen-bond acceptors (Lipinski definition) is 2. The van der Waals surface area contributed by atoms with Gasteiger partial charge in [-0.2, -0.15) is 0 Å². The Kier molecular flexibility index (Phi) is 3.74. The van der Waals surface area contributed by atoms with E-state index in [1.165, 1.54) is 11.1 Å². The lowest BCUT2D eigenvalue weighted by Gasteiger charge is -2.06. The van der Waals surface area contributed by atoms with Crippen molar-refractivity contribution >= 4 is 5.97 Å². The number of nitrogens with one attached hydrogen (secondary N) is 1. The van der Waals surface area contributed by atoms with Gasteiger partial charge in [0.1, 0.15) is 5.82 Å². The van der Waals surface area contributed by atoms with Crippen LogP contribution in [0.15, 0.2) is 42.5 Å². The summed E-state index contributed by atoms with van der Waals surface area (Å²) in [6.07, 6.45) is 0. The zero-order valence-electron chi connectivity index (χ0n) is 13.3. The molecule has 4 heteroatoms. The average Bonchev–Trinajstić information content (AvgIpc) is 2.89. The number of hydrogen-bond donors (Lipinski definition) is 2. The molecule has 0 amide bonds. The van der Waals surface area contributed by atoms with Crippen LogP contribution in [0.5, 0.6) is 0 Å². The molecule has 0 saturated heterocycles. The van der Waals surface area contributed by atoms with Crippen molar-refractivity contribution in [3.8, 4) is 22.6 Å². The lowest BCUT2D eigenvalue weighted by molar-refractivity contribution is 0.0697. The summed E-state index contributed by atoms with van der Waals surface area (Å²) in [4.78, 5) is 19.1. The van der Waals surface area contributed by atoms with Crippen LogP contribution in [0.3, 0.4) is 0 Å². The van der Waals surface area contributed by atoms with Crippen molar-refractivity contribution in [2.24, 2.45) is 0 Å². The second-order valence-corrected chi connectivity index (χ2v) is 5.71. The maximum atomic E-state index is 11.0. The number of H-pyrrole nitrogens is 1. The molecular formula is C19H18N2O2. The van der Waals surface area contributed by atoms with Gasteiger partial charge in [-0.1, -0.05) is 30.3 Å². The second kappa shape index (κ2) is 5.72. The van der Waals surface area contributed by atoms with Gasteiger partial charge in [0, 0.05) is 16.8 Å². The zero-order chi connectivity index (χ0) is 16.6. The van der Waals surface area contributed by atoms with Gasteiger partial charge in [-0.3, -0.25) is 0 Å². The summed E-state index contributed by atoms with van der Waals surface area (Å²) < 4.78 is 0. The van der Waals surface area contributed by atoms with Gasteiger partial charge in [0.25, 0.3) is 0 Å². The smallest absolute Gasteiger partial charge is 0.335 e. The highest BCUT2D eigenvalue weighted by atomic mass is 16.4. The lowest BCUT2D eigenvalue weighted by Crippen LogP contribution is -1.95. The molecule has 2 aromatic carbocycles. The Bertz CT molecular complexity index is 857. The topological polar surface area (TPSA) is 66.0 Å². The largest absolute Gasteiger partial charge is 0.478 e. The van der Waals surface area contributed by atoms with E-state index in [1.54, 1.807) is 24.3 Å². The van der Waals surface area contributed by atoms with E-state index >= 15 is 0 Å².